The topological polar surface area (TPSA) is 217 Å². The number of benzene rings is 1. The van der Waals surface area contributed by atoms with E-state index in [-0.39, 0.29) is 11.3 Å². The second-order valence-electron chi connectivity index (χ2n) is 7.06. The Balaban J connectivity index is 2.44. The van der Waals surface area contributed by atoms with E-state index in [9.17, 15) is 28.8 Å². The highest BCUT2D eigenvalue weighted by atomic mass is 32.2. The lowest BCUT2D eigenvalue weighted by Crippen LogP contribution is -2.58. The zero-order valence-electron chi connectivity index (χ0n) is 17.0. The Bertz CT molecular complexity index is 939. The maximum atomic E-state index is 12.8. The molecule has 0 spiro atoms. The van der Waals surface area contributed by atoms with Crippen molar-refractivity contribution < 1.29 is 28.8 Å². The van der Waals surface area contributed by atoms with E-state index < -0.39 is 66.4 Å². The molecule has 12 nitrogen and oxygen atoms in total. The quantitative estimate of drug-likeness (QED) is 0.269. The molecule has 0 bridgehead atoms. The number of nitrogens with one attached hydrogen (secondary N) is 3. The van der Waals surface area contributed by atoms with Gasteiger partial charge in [0.05, 0.1) is 12.8 Å². The monoisotopic (exact) mass is 464 g/mol. The summed E-state index contributed by atoms with van der Waals surface area (Å²) in [5.74, 6) is -4.66. The maximum absolute atomic E-state index is 12.8. The molecule has 0 saturated heterocycles. The summed E-state index contributed by atoms with van der Waals surface area (Å²) in [6.07, 6.45) is -1.14. The predicted octanol–water partition coefficient (Wildman–Crippen LogP) is -2.76. The van der Waals surface area contributed by atoms with Gasteiger partial charge in [0.2, 0.25) is 29.5 Å². The fraction of sp³-hybridized carbons (Fsp3) is 0.368. The lowest BCUT2D eigenvalue weighted by atomic mass is 10.1. The fourth-order valence-electron chi connectivity index (χ4n) is 2.95. The van der Waals surface area contributed by atoms with Crippen molar-refractivity contribution in [3.05, 3.63) is 35.4 Å². The molecule has 9 N–H and O–H groups in total. The molecule has 6 amide bonds. The molecule has 0 aliphatic carbocycles. The van der Waals surface area contributed by atoms with Crippen LogP contribution >= 0.6 is 11.8 Å². The van der Waals surface area contributed by atoms with Crippen LogP contribution in [0.1, 0.15) is 28.8 Å². The van der Waals surface area contributed by atoms with Crippen LogP contribution in [0.2, 0.25) is 0 Å². The third kappa shape index (κ3) is 6.97. The van der Waals surface area contributed by atoms with E-state index in [1.54, 1.807) is 24.3 Å². The van der Waals surface area contributed by atoms with E-state index in [0.29, 0.717) is 11.3 Å². The smallest absolute Gasteiger partial charge is 0.252 e. The third-order valence-electron chi connectivity index (χ3n) is 4.53. The van der Waals surface area contributed by atoms with E-state index in [2.05, 4.69) is 16.0 Å². The lowest BCUT2D eigenvalue weighted by molar-refractivity contribution is -0.134. The van der Waals surface area contributed by atoms with Gasteiger partial charge in [0, 0.05) is 17.1 Å². The van der Waals surface area contributed by atoms with Crippen LogP contribution in [0.25, 0.3) is 0 Å². The average Bonchev–Trinajstić information content (AvgIpc) is 2.70. The van der Waals surface area contributed by atoms with Gasteiger partial charge in [-0.15, -0.1) is 0 Å². The van der Waals surface area contributed by atoms with Crippen LogP contribution in [0.5, 0.6) is 0 Å². The third-order valence-corrected chi connectivity index (χ3v) is 5.61. The normalized spacial score (nSPS) is 22.4. The number of primary amides is 3. The molecule has 3 atom stereocenters. The highest BCUT2D eigenvalue weighted by Gasteiger charge is 2.31. The van der Waals surface area contributed by atoms with Crippen LogP contribution in [-0.2, 0) is 29.7 Å². The molecule has 1 heterocycles. The summed E-state index contributed by atoms with van der Waals surface area (Å²) in [6, 6.07) is 2.59. The molecule has 172 valence electrons. The number of nitrogens with two attached hydrogens (primary N) is 3. The first-order valence-corrected chi connectivity index (χ1v) is 10.7. The summed E-state index contributed by atoms with van der Waals surface area (Å²) in [7, 11) is 0. The number of hydrogen-bond acceptors (Lipinski definition) is 7. The Kier molecular flexibility index (Phi) is 8.58. The second kappa shape index (κ2) is 11.1. The highest BCUT2D eigenvalue weighted by molar-refractivity contribution is 7.98. The molecular formula is C19H24N6O6S. The van der Waals surface area contributed by atoms with Crippen LogP contribution in [-0.4, -0.2) is 59.3 Å². The zero-order valence-corrected chi connectivity index (χ0v) is 17.8. The molecule has 32 heavy (non-hydrogen) atoms. The second-order valence-corrected chi connectivity index (χ2v) is 8.09. The number of rotatable bonds is 5. The lowest BCUT2D eigenvalue weighted by Gasteiger charge is -2.24. The summed E-state index contributed by atoms with van der Waals surface area (Å²) >= 11 is 1.24. The number of carbonyl (C=O) groups is 6. The number of carbonyl (C=O) groups excluding carboxylic acids is 6. The first-order chi connectivity index (χ1) is 15.1. The van der Waals surface area contributed by atoms with Crippen molar-refractivity contribution >= 4 is 47.2 Å². The van der Waals surface area contributed by atoms with Gasteiger partial charge in [-0.1, -0.05) is 18.2 Å². The minimum absolute atomic E-state index is 0.0819. The van der Waals surface area contributed by atoms with Crippen molar-refractivity contribution in [2.45, 2.75) is 36.7 Å². The van der Waals surface area contributed by atoms with Crippen molar-refractivity contribution in [1.29, 1.82) is 0 Å². The molecule has 2 rings (SSSR count). The first kappa shape index (κ1) is 24.7. The van der Waals surface area contributed by atoms with Crippen molar-refractivity contribution in [2.75, 3.05) is 5.75 Å². The molecule has 1 aromatic carbocycles. The van der Waals surface area contributed by atoms with E-state index in [1.807, 2.05) is 0 Å². The number of amides is 6. The molecule has 0 aromatic heterocycles. The summed E-state index contributed by atoms with van der Waals surface area (Å²) in [5, 5.41) is 7.12. The molecule has 1 aromatic rings. The van der Waals surface area contributed by atoms with Gasteiger partial charge in [0.15, 0.2) is 0 Å². The molecule has 0 radical (unpaired) electrons. The number of thioether (sulfide) groups is 1. The SMILES string of the molecule is NC(=O)C[C@@H]1NC(=O)c2ccccc2CSC[C@@H](C(N)=O)NC(=O)[C@H](CC(N)=O)NC1=O. The molecule has 1 aliphatic rings. The zero-order chi connectivity index (χ0) is 23.8. The van der Waals surface area contributed by atoms with Crippen molar-refractivity contribution in [3.63, 3.8) is 0 Å². The fourth-order valence-corrected chi connectivity index (χ4v) is 4.02. The molecule has 0 saturated carbocycles. The Labute approximate surface area is 187 Å². The number of hydrogen-bond donors (Lipinski definition) is 6. The van der Waals surface area contributed by atoms with Crippen LogP contribution in [0, 0.1) is 0 Å². The van der Waals surface area contributed by atoms with Gasteiger partial charge in [-0.3, -0.25) is 28.8 Å². The van der Waals surface area contributed by atoms with Crippen LogP contribution in [0.3, 0.4) is 0 Å². The van der Waals surface area contributed by atoms with Crippen LogP contribution in [0.15, 0.2) is 24.3 Å². The summed E-state index contributed by atoms with van der Waals surface area (Å²) in [4.78, 5) is 72.9. The van der Waals surface area contributed by atoms with E-state index in [4.69, 9.17) is 17.2 Å². The minimum Gasteiger partial charge on any atom is -0.370 e. The van der Waals surface area contributed by atoms with Gasteiger partial charge in [-0.2, -0.15) is 11.8 Å². The predicted molar refractivity (Wildman–Crippen MR) is 115 cm³/mol. The van der Waals surface area contributed by atoms with E-state index >= 15 is 0 Å². The van der Waals surface area contributed by atoms with Gasteiger partial charge < -0.3 is 33.2 Å². The molecule has 0 unspecified atom stereocenters. The van der Waals surface area contributed by atoms with Gasteiger partial charge in [-0.25, -0.2) is 0 Å². The molecule has 0 fully saturated rings. The van der Waals surface area contributed by atoms with Gasteiger partial charge >= 0.3 is 0 Å². The van der Waals surface area contributed by atoms with Crippen LogP contribution in [0.4, 0.5) is 0 Å². The number of fused-ring (bicyclic) bond motifs is 1. The highest BCUT2D eigenvalue weighted by Crippen LogP contribution is 2.18. The Morgan fingerprint density at radius 2 is 1.44 bits per heavy atom. The Hall–Kier alpha value is -3.61. The van der Waals surface area contributed by atoms with Crippen molar-refractivity contribution in [2.24, 2.45) is 17.2 Å². The average molecular weight is 465 g/mol. The van der Waals surface area contributed by atoms with Gasteiger partial charge in [0.25, 0.3) is 5.91 Å². The first-order valence-electron chi connectivity index (χ1n) is 9.51. The molecule has 1 aliphatic heterocycles. The molecular weight excluding hydrogens is 440 g/mol. The minimum atomic E-state index is -1.46. The van der Waals surface area contributed by atoms with Gasteiger partial charge in [0.1, 0.15) is 18.1 Å². The Morgan fingerprint density at radius 3 is 2.03 bits per heavy atom. The standard InChI is InChI=1S/C19H24N6O6S/c20-14(26)5-11-18(30)24-12(6-15(21)27)19(31)25-13(16(22)28)8-32-7-9-3-1-2-4-10(9)17(29)23-11/h1-4,11-13H,5-8H2,(H2,20,26)(H2,21,27)(H2,22,28)(H,23,29)(H,24,30)(H,25,31)/t11-,12-,13-/m0/s1. The largest absolute Gasteiger partial charge is 0.370 e. The van der Waals surface area contributed by atoms with E-state index in [1.165, 1.54) is 11.8 Å². The van der Waals surface area contributed by atoms with Crippen molar-refractivity contribution in [3.8, 4) is 0 Å². The van der Waals surface area contributed by atoms with Crippen LogP contribution < -0.4 is 33.2 Å². The summed E-state index contributed by atoms with van der Waals surface area (Å²) in [5.41, 5.74) is 16.6. The molecule has 13 heteroatoms. The maximum Gasteiger partial charge on any atom is 0.252 e. The summed E-state index contributed by atoms with van der Waals surface area (Å²) in [6.45, 7) is 0. The van der Waals surface area contributed by atoms with E-state index in [0.717, 1.165) is 0 Å². The summed E-state index contributed by atoms with van der Waals surface area (Å²) < 4.78 is 0. The van der Waals surface area contributed by atoms with Crippen molar-refractivity contribution in [1.82, 2.24) is 16.0 Å². The van der Waals surface area contributed by atoms with Gasteiger partial charge in [-0.05, 0) is 11.6 Å². The Morgan fingerprint density at radius 1 is 0.875 bits per heavy atom.